The number of ether oxygens (including phenoxy) is 1. The Balaban J connectivity index is 1.61. The lowest BCUT2D eigenvalue weighted by atomic mass is 10.1. The van der Waals surface area contributed by atoms with E-state index in [0.717, 1.165) is 36.3 Å². The fourth-order valence-electron chi connectivity index (χ4n) is 2.75. The topological polar surface area (TPSA) is 76.1 Å². The van der Waals surface area contributed by atoms with Gasteiger partial charge in [-0.05, 0) is 37.8 Å². The molecule has 3 rings (SSSR count). The van der Waals surface area contributed by atoms with Crippen LogP contribution in [0.3, 0.4) is 0 Å². The van der Waals surface area contributed by atoms with E-state index in [1.54, 1.807) is 6.20 Å². The summed E-state index contributed by atoms with van der Waals surface area (Å²) in [6, 6.07) is 5.90. The number of aromatic nitrogens is 2. The van der Waals surface area contributed by atoms with Gasteiger partial charge >= 0.3 is 0 Å². The van der Waals surface area contributed by atoms with Crippen LogP contribution >= 0.6 is 0 Å². The molecular weight excluding hydrogens is 304 g/mol. The molecule has 1 aromatic carbocycles. The van der Waals surface area contributed by atoms with E-state index in [1.807, 2.05) is 32.0 Å². The van der Waals surface area contributed by atoms with Crippen molar-refractivity contribution in [1.82, 2.24) is 9.97 Å². The Morgan fingerprint density at radius 2 is 2.04 bits per heavy atom. The second-order valence-corrected chi connectivity index (χ2v) is 6.02. The molecule has 1 saturated heterocycles. The Morgan fingerprint density at radius 1 is 1.25 bits per heavy atom. The van der Waals surface area contributed by atoms with Gasteiger partial charge in [-0.15, -0.1) is 0 Å². The highest BCUT2D eigenvalue weighted by atomic mass is 16.5. The molecule has 1 unspecified atom stereocenters. The van der Waals surface area contributed by atoms with Gasteiger partial charge in [-0.3, -0.25) is 4.79 Å². The molecule has 6 heteroatoms. The van der Waals surface area contributed by atoms with Crippen LogP contribution in [0.4, 0.5) is 11.5 Å². The summed E-state index contributed by atoms with van der Waals surface area (Å²) < 4.78 is 5.55. The number of carbonyl (C=O) groups is 1. The molecule has 2 aromatic rings. The van der Waals surface area contributed by atoms with Gasteiger partial charge in [0.05, 0.1) is 18.5 Å². The van der Waals surface area contributed by atoms with Crippen LogP contribution < -0.4 is 10.6 Å². The van der Waals surface area contributed by atoms with Crippen LogP contribution in [0.25, 0.3) is 0 Å². The molecule has 1 aromatic heterocycles. The second kappa shape index (κ2) is 7.40. The normalized spacial score (nSPS) is 16.8. The number of rotatable bonds is 5. The first-order chi connectivity index (χ1) is 11.6. The highest BCUT2D eigenvalue weighted by molar-refractivity contribution is 6.03. The van der Waals surface area contributed by atoms with E-state index in [1.165, 1.54) is 6.20 Å². The van der Waals surface area contributed by atoms with Crippen LogP contribution in [-0.4, -0.2) is 35.1 Å². The molecule has 24 heavy (non-hydrogen) atoms. The van der Waals surface area contributed by atoms with E-state index in [0.29, 0.717) is 18.1 Å². The van der Waals surface area contributed by atoms with Gasteiger partial charge in [-0.2, -0.15) is 0 Å². The molecule has 6 nitrogen and oxygen atoms in total. The van der Waals surface area contributed by atoms with Gasteiger partial charge in [0.2, 0.25) is 0 Å². The lowest BCUT2D eigenvalue weighted by Crippen LogP contribution is -2.20. The number of hydrogen-bond acceptors (Lipinski definition) is 5. The van der Waals surface area contributed by atoms with E-state index in [4.69, 9.17) is 4.74 Å². The van der Waals surface area contributed by atoms with E-state index in [2.05, 4.69) is 20.6 Å². The van der Waals surface area contributed by atoms with Gasteiger partial charge in [0, 0.05) is 18.8 Å². The Labute approximate surface area is 141 Å². The molecule has 0 radical (unpaired) electrons. The Kier molecular flexibility index (Phi) is 5.05. The molecular formula is C18H22N4O2. The second-order valence-electron chi connectivity index (χ2n) is 6.02. The number of carbonyl (C=O) groups excluding carboxylic acids is 1. The van der Waals surface area contributed by atoms with E-state index in [9.17, 15) is 4.79 Å². The van der Waals surface area contributed by atoms with E-state index >= 15 is 0 Å². The first kappa shape index (κ1) is 16.4. The Bertz CT molecular complexity index is 689. The first-order valence-electron chi connectivity index (χ1n) is 8.18. The number of hydrogen-bond donors (Lipinski definition) is 2. The predicted octanol–water partition coefficient (Wildman–Crippen LogP) is 2.94. The molecule has 1 aliphatic heterocycles. The van der Waals surface area contributed by atoms with Crippen molar-refractivity contribution >= 4 is 17.4 Å². The molecule has 126 valence electrons. The molecule has 1 fully saturated rings. The van der Waals surface area contributed by atoms with E-state index < -0.39 is 0 Å². The van der Waals surface area contributed by atoms with Crippen LogP contribution in [0.1, 0.15) is 34.5 Å². The number of anilines is 2. The maximum atomic E-state index is 12.3. The standard InChI is InChI=1S/C18H22N4O2/c1-12-5-3-6-13(2)17(12)22-18(23)15-10-21-16(11-19-15)20-9-14-7-4-8-24-14/h3,5-6,10-11,14H,4,7-9H2,1-2H3,(H,20,21)(H,22,23). The highest BCUT2D eigenvalue weighted by Crippen LogP contribution is 2.20. The van der Waals surface area contributed by atoms with Crippen molar-refractivity contribution in [2.75, 3.05) is 23.8 Å². The molecule has 0 spiro atoms. The predicted molar refractivity (Wildman–Crippen MR) is 93.4 cm³/mol. The van der Waals surface area contributed by atoms with Crippen molar-refractivity contribution in [2.24, 2.45) is 0 Å². The molecule has 0 saturated carbocycles. The number of para-hydroxylation sites is 1. The number of amides is 1. The molecule has 0 bridgehead atoms. The summed E-state index contributed by atoms with van der Waals surface area (Å²) in [5.41, 5.74) is 3.16. The van der Waals surface area contributed by atoms with Crippen molar-refractivity contribution < 1.29 is 9.53 Å². The lowest BCUT2D eigenvalue weighted by Gasteiger charge is -2.12. The van der Waals surface area contributed by atoms with Crippen molar-refractivity contribution in [2.45, 2.75) is 32.8 Å². The third kappa shape index (κ3) is 3.89. The maximum Gasteiger partial charge on any atom is 0.275 e. The molecule has 2 heterocycles. The van der Waals surface area contributed by atoms with Crippen molar-refractivity contribution in [3.05, 3.63) is 47.4 Å². The summed E-state index contributed by atoms with van der Waals surface area (Å²) >= 11 is 0. The van der Waals surface area contributed by atoms with Crippen molar-refractivity contribution in [1.29, 1.82) is 0 Å². The lowest BCUT2D eigenvalue weighted by molar-refractivity contribution is 0.102. The number of benzene rings is 1. The van der Waals surface area contributed by atoms with Crippen molar-refractivity contribution in [3.8, 4) is 0 Å². The summed E-state index contributed by atoms with van der Waals surface area (Å²) in [6.07, 6.45) is 5.47. The minimum absolute atomic E-state index is 0.235. The summed E-state index contributed by atoms with van der Waals surface area (Å²) in [6.45, 7) is 5.47. The average molecular weight is 326 g/mol. The zero-order valence-electron chi connectivity index (χ0n) is 14.0. The molecule has 0 aliphatic carbocycles. The van der Waals surface area contributed by atoms with E-state index in [-0.39, 0.29) is 12.0 Å². The smallest absolute Gasteiger partial charge is 0.275 e. The number of nitrogens with zero attached hydrogens (tertiary/aromatic N) is 2. The van der Waals surface area contributed by atoms with Crippen LogP contribution in [0, 0.1) is 13.8 Å². The van der Waals surface area contributed by atoms with Crippen molar-refractivity contribution in [3.63, 3.8) is 0 Å². The van der Waals surface area contributed by atoms with Gasteiger partial charge in [-0.25, -0.2) is 9.97 Å². The maximum absolute atomic E-state index is 12.3. The third-order valence-electron chi connectivity index (χ3n) is 4.14. The molecule has 1 aliphatic rings. The fourth-order valence-corrected chi connectivity index (χ4v) is 2.75. The quantitative estimate of drug-likeness (QED) is 0.883. The minimum Gasteiger partial charge on any atom is -0.376 e. The van der Waals surface area contributed by atoms with Gasteiger partial charge in [0.1, 0.15) is 11.5 Å². The third-order valence-corrected chi connectivity index (χ3v) is 4.14. The Hall–Kier alpha value is -2.47. The first-order valence-corrected chi connectivity index (χ1v) is 8.18. The summed E-state index contributed by atoms with van der Waals surface area (Å²) in [5, 5.41) is 6.10. The summed E-state index contributed by atoms with van der Waals surface area (Å²) in [4.78, 5) is 20.8. The minimum atomic E-state index is -0.259. The monoisotopic (exact) mass is 326 g/mol. The largest absolute Gasteiger partial charge is 0.376 e. The summed E-state index contributed by atoms with van der Waals surface area (Å²) in [5.74, 6) is 0.389. The fraction of sp³-hybridized carbons (Fsp3) is 0.389. The van der Waals surface area contributed by atoms with Crippen LogP contribution in [0.2, 0.25) is 0 Å². The highest BCUT2D eigenvalue weighted by Gasteiger charge is 2.15. The van der Waals surface area contributed by atoms with Gasteiger partial charge < -0.3 is 15.4 Å². The molecule has 1 amide bonds. The van der Waals surface area contributed by atoms with Gasteiger partial charge in [0.25, 0.3) is 5.91 Å². The summed E-state index contributed by atoms with van der Waals surface area (Å²) in [7, 11) is 0. The molecule has 1 atom stereocenters. The van der Waals surface area contributed by atoms with Gasteiger partial charge in [-0.1, -0.05) is 18.2 Å². The Morgan fingerprint density at radius 3 is 2.67 bits per heavy atom. The SMILES string of the molecule is Cc1cccc(C)c1NC(=O)c1cnc(NCC2CCCO2)cn1. The zero-order chi connectivity index (χ0) is 16.9. The van der Waals surface area contributed by atoms with Crippen LogP contribution in [0.5, 0.6) is 0 Å². The zero-order valence-corrected chi connectivity index (χ0v) is 14.0. The van der Waals surface area contributed by atoms with Crippen LogP contribution in [0.15, 0.2) is 30.6 Å². The number of nitrogens with one attached hydrogen (secondary N) is 2. The van der Waals surface area contributed by atoms with Crippen LogP contribution in [-0.2, 0) is 4.74 Å². The molecule has 2 N–H and O–H groups in total. The number of aryl methyl sites for hydroxylation is 2. The average Bonchev–Trinajstić information content (AvgIpc) is 3.10. The van der Waals surface area contributed by atoms with Gasteiger partial charge in [0.15, 0.2) is 0 Å².